The summed E-state index contributed by atoms with van der Waals surface area (Å²) in [6.07, 6.45) is -1.99. The molecule has 1 aromatic rings. The van der Waals surface area contributed by atoms with E-state index in [0.717, 1.165) is 31.4 Å². The molecule has 2 amide bonds. The first-order valence-electron chi connectivity index (χ1n) is 7.78. The maximum Gasteiger partial charge on any atom is 0.417 e. The number of nitrogens with zero attached hydrogens (tertiary/aromatic N) is 1. The van der Waals surface area contributed by atoms with E-state index >= 15 is 0 Å². The Morgan fingerprint density at radius 1 is 1.24 bits per heavy atom. The van der Waals surface area contributed by atoms with Crippen LogP contribution in [0.4, 0.5) is 13.2 Å². The molecule has 0 aliphatic carbocycles. The maximum absolute atomic E-state index is 12.9. The third-order valence-electron chi connectivity index (χ3n) is 4.10. The van der Waals surface area contributed by atoms with Crippen molar-refractivity contribution >= 4 is 24.2 Å². The lowest BCUT2D eigenvalue weighted by atomic mass is 10.0. The number of nitrogens with one attached hydrogen (secondary N) is 1. The number of rotatable bonds is 4. The molecule has 25 heavy (non-hydrogen) atoms. The van der Waals surface area contributed by atoms with Gasteiger partial charge in [-0.05, 0) is 31.4 Å². The number of halogens is 4. The van der Waals surface area contributed by atoms with Crippen LogP contribution in [-0.2, 0) is 11.0 Å². The summed E-state index contributed by atoms with van der Waals surface area (Å²) in [5.41, 5.74) is 4.13. The molecule has 1 aliphatic heterocycles. The molecule has 140 valence electrons. The minimum atomic E-state index is -4.63. The summed E-state index contributed by atoms with van der Waals surface area (Å²) in [7, 11) is 0. The summed E-state index contributed by atoms with van der Waals surface area (Å²) in [4.78, 5) is 25.9. The number of hydrogen-bond acceptors (Lipinski definition) is 3. The summed E-state index contributed by atoms with van der Waals surface area (Å²) in [5.74, 6) is -1.25. The summed E-state index contributed by atoms with van der Waals surface area (Å²) in [6.45, 7) is 0.536. The second kappa shape index (κ2) is 9.05. The Labute approximate surface area is 150 Å². The van der Waals surface area contributed by atoms with E-state index in [-0.39, 0.29) is 30.9 Å². The van der Waals surface area contributed by atoms with Crippen LogP contribution in [0.15, 0.2) is 24.3 Å². The fraction of sp³-hybridized carbons (Fsp3) is 0.500. The van der Waals surface area contributed by atoms with Crippen molar-refractivity contribution in [2.24, 2.45) is 5.73 Å². The first kappa shape index (κ1) is 21.2. The van der Waals surface area contributed by atoms with Gasteiger partial charge in [-0.25, -0.2) is 0 Å². The van der Waals surface area contributed by atoms with Gasteiger partial charge in [0.05, 0.1) is 17.7 Å². The van der Waals surface area contributed by atoms with Crippen LogP contribution in [0.25, 0.3) is 0 Å². The Balaban J connectivity index is 0.00000312. The predicted molar refractivity (Wildman–Crippen MR) is 89.4 cm³/mol. The van der Waals surface area contributed by atoms with E-state index in [2.05, 4.69) is 5.32 Å². The molecule has 0 aromatic heterocycles. The number of nitrogens with two attached hydrogens (primary N) is 1. The molecule has 1 aromatic carbocycles. The fourth-order valence-corrected chi connectivity index (χ4v) is 2.85. The number of carbonyl (C=O) groups is 2. The van der Waals surface area contributed by atoms with Crippen LogP contribution in [0.3, 0.4) is 0 Å². The zero-order chi connectivity index (χ0) is 17.7. The van der Waals surface area contributed by atoms with Gasteiger partial charge in [-0.1, -0.05) is 12.1 Å². The normalized spacial score (nSPS) is 17.6. The van der Waals surface area contributed by atoms with Gasteiger partial charge in [0.15, 0.2) is 0 Å². The summed E-state index contributed by atoms with van der Waals surface area (Å²) >= 11 is 0. The highest BCUT2D eigenvalue weighted by Gasteiger charge is 2.35. The third kappa shape index (κ3) is 5.34. The highest BCUT2D eigenvalue weighted by Crippen LogP contribution is 2.31. The molecule has 5 nitrogen and oxygen atoms in total. The highest BCUT2D eigenvalue weighted by atomic mass is 35.5. The largest absolute Gasteiger partial charge is 0.417 e. The molecular weight excluding hydrogens is 359 g/mol. The first-order chi connectivity index (χ1) is 11.3. The van der Waals surface area contributed by atoms with Gasteiger partial charge in [0.25, 0.3) is 5.91 Å². The van der Waals surface area contributed by atoms with E-state index in [0.29, 0.717) is 13.1 Å². The second-order valence-electron chi connectivity index (χ2n) is 5.70. The average molecular weight is 380 g/mol. The second-order valence-corrected chi connectivity index (χ2v) is 5.70. The van der Waals surface area contributed by atoms with Crippen LogP contribution in [0.5, 0.6) is 0 Å². The highest BCUT2D eigenvalue weighted by molar-refractivity contribution is 5.97. The topological polar surface area (TPSA) is 75.4 Å². The van der Waals surface area contributed by atoms with Crippen molar-refractivity contribution in [2.75, 3.05) is 19.6 Å². The number of hydrogen-bond donors (Lipinski definition) is 2. The molecule has 9 heteroatoms. The zero-order valence-corrected chi connectivity index (χ0v) is 14.3. The van der Waals surface area contributed by atoms with Crippen molar-refractivity contribution in [2.45, 2.75) is 31.5 Å². The lowest BCUT2D eigenvalue weighted by molar-refractivity contribution is -0.138. The molecule has 3 N–H and O–H groups in total. The quantitative estimate of drug-likeness (QED) is 0.842. The average Bonchev–Trinajstić information content (AvgIpc) is 2.58. The summed E-state index contributed by atoms with van der Waals surface area (Å²) < 4.78 is 38.8. The molecule has 0 bridgehead atoms. The van der Waals surface area contributed by atoms with Gasteiger partial charge in [-0.3, -0.25) is 9.59 Å². The Bertz CT molecular complexity index is 611. The van der Waals surface area contributed by atoms with Crippen molar-refractivity contribution in [3.05, 3.63) is 35.4 Å². The lowest BCUT2D eigenvalue weighted by Crippen LogP contribution is -2.50. The monoisotopic (exact) mass is 379 g/mol. The number of likely N-dealkylation sites (tertiary alicyclic amines) is 1. The van der Waals surface area contributed by atoms with E-state index in [1.54, 1.807) is 4.90 Å². The fourth-order valence-electron chi connectivity index (χ4n) is 2.85. The Morgan fingerprint density at radius 2 is 1.92 bits per heavy atom. The molecule has 1 saturated heterocycles. The van der Waals surface area contributed by atoms with Crippen LogP contribution in [0.2, 0.25) is 0 Å². The molecule has 1 heterocycles. The molecule has 1 fully saturated rings. The lowest BCUT2D eigenvalue weighted by Gasteiger charge is -2.35. The predicted octanol–water partition coefficient (Wildman–Crippen LogP) is 2.20. The van der Waals surface area contributed by atoms with Crippen molar-refractivity contribution in [1.29, 1.82) is 0 Å². The molecular formula is C16H21ClF3N3O2. The third-order valence-corrected chi connectivity index (χ3v) is 4.10. The maximum atomic E-state index is 12.9. The minimum Gasteiger partial charge on any atom is -0.343 e. The minimum absolute atomic E-state index is 0. The van der Waals surface area contributed by atoms with Crippen molar-refractivity contribution in [3.63, 3.8) is 0 Å². The van der Waals surface area contributed by atoms with Gasteiger partial charge < -0.3 is 16.0 Å². The van der Waals surface area contributed by atoms with Crippen molar-refractivity contribution in [3.8, 4) is 0 Å². The van der Waals surface area contributed by atoms with Gasteiger partial charge >= 0.3 is 6.18 Å². The molecule has 0 spiro atoms. The van der Waals surface area contributed by atoms with E-state index in [9.17, 15) is 22.8 Å². The number of alkyl halides is 3. The van der Waals surface area contributed by atoms with Gasteiger partial charge in [0.2, 0.25) is 5.91 Å². The van der Waals surface area contributed by atoms with Crippen LogP contribution < -0.4 is 11.1 Å². The SMILES string of the molecule is Cl.NCC1CCCCN1C(=O)CNC(=O)c1ccccc1C(F)(F)F. The molecule has 0 radical (unpaired) electrons. The Kier molecular flexibility index (Phi) is 7.69. The first-order valence-corrected chi connectivity index (χ1v) is 7.78. The van der Waals surface area contributed by atoms with E-state index in [1.165, 1.54) is 12.1 Å². The van der Waals surface area contributed by atoms with Crippen LogP contribution in [0, 0.1) is 0 Å². The Hall–Kier alpha value is -1.80. The standard InChI is InChI=1S/C16H20F3N3O2.ClH/c17-16(18,19)13-7-2-1-6-12(13)15(24)21-10-14(23)22-8-4-3-5-11(22)9-20;/h1-2,6-7,11H,3-5,8-10,20H2,(H,21,24);1H. The number of benzene rings is 1. The molecule has 0 saturated carbocycles. The van der Waals surface area contributed by atoms with Crippen molar-refractivity contribution in [1.82, 2.24) is 10.2 Å². The number of carbonyl (C=O) groups excluding carboxylic acids is 2. The van der Waals surface area contributed by atoms with Gasteiger partial charge in [0.1, 0.15) is 0 Å². The van der Waals surface area contributed by atoms with E-state index in [1.807, 2.05) is 0 Å². The molecule has 1 atom stereocenters. The van der Waals surface area contributed by atoms with E-state index < -0.39 is 23.2 Å². The van der Waals surface area contributed by atoms with Gasteiger partial charge in [-0.2, -0.15) is 13.2 Å². The van der Waals surface area contributed by atoms with Crippen molar-refractivity contribution < 1.29 is 22.8 Å². The number of piperidine rings is 1. The van der Waals surface area contributed by atoms with Crippen LogP contribution in [-0.4, -0.2) is 42.4 Å². The van der Waals surface area contributed by atoms with Gasteiger partial charge in [-0.15, -0.1) is 12.4 Å². The molecule has 2 rings (SSSR count). The summed E-state index contributed by atoms with van der Waals surface area (Å²) in [5, 5.41) is 2.28. The smallest absolute Gasteiger partial charge is 0.343 e. The zero-order valence-electron chi connectivity index (χ0n) is 13.5. The molecule has 1 aliphatic rings. The van der Waals surface area contributed by atoms with Crippen LogP contribution >= 0.6 is 12.4 Å². The van der Waals surface area contributed by atoms with Crippen LogP contribution in [0.1, 0.15) is 35.2 Å². The van der Waals surface area contributed by atoms with E-state index in [4.69, 9.17) is 5.73 Å². The number of amides is 2. The Morgan fingerprint density at radius 3 is 2.56 bits per heavy atom. The molecule has 1 unspecified atom stereocenters. The van der Waals surface area contributed by atoms with Gasteiger partial charge in [0, 0.05) is 19.1 Å². The summed E-state index contributed by atoms with van der Waals surface area (Å²) in [6, 6.07) is 4.41.